The van der Waals surface area contributed by atoms with Crippen molar-refractivity contribution < 1.29 is 23.9 Å². The van der Waals surface area contributed by atoms with Gasteiger partial charge in [-0.15, -0.1) is 0 Å². The first-order valence-electron chi connectivity index (χ1n) is 6.78. The van der Waals surface area contributed by atoms with Crippen molar-refractivity contribution in [2.75, 3.05) is 6.79 Å². The highest BCUT2D eigenvalue weighted by Gasteiger charge is 2.17. The molecule has 4 rings (SSSR count). The summed E-state index contributed by atoms with van der Waals surface area (Å²) in [5.74, 6) is 0.926. The molecule has 0 spiro atoms. The van der Waals surface area contributed by atoms with Gasteiger partial charge in [0.15, 0.2) is 11.5 Å². The third-order valence-corrected chi connectivity index (χ3v) is 3.41. The zero-order valence-electron chi connectivity index (χ0n) is 11.7. The molecular formula is C16H10N2O5. The van der Waals surface area contributed by atoms with Gasteiger partial charge in [0.2, 0.25) is 12.6 Å². The summed E-state index contributed by atoms with van der Waals surface area (Å²) in [6.45, 7) is 0.193. The van der Waals surface area contributed by atoms with E-state index in [4.69, 9.17) is 19.1 Å². The summed E-state index contributed by atoms with van der Waals surface area (Å²) in [5, 5.41) is 13.0. The standard InChI is InChI=1S/C16H10N2O5/c19-16(20)11-3-1-2-10(6-11)15-17-14(18-23-15)9-4-5-12-13(7-9)22-8-21-12/h1-7H,8H2,(H,19,20). The van der Waals surface area contributed by atoms with Crippen molar-refractivity contribution in [3.05, 3.63) is 48.0 Å². The van der Waals surface area contributed by atoms with Crippen molar-refractivity contribution in [1.29, 1.82) is 0 Å². The van der Waals surface area contributed by atoms with Crippen LogP contribution in [0.25, 0.3) is 22.8 Å². The number of rotatable bonds is 3. The summed E-state index contributed by atoms with van der Waals surface area (Å²) in [4.78, 5) is 15.3. The van der Waals surface area contributed by atoms with E-state index >= 15 is 0 Å². The molecular weight excluding hydrogens is 300 g/mol. The highest BCUT2D eigenvalue weighted by atomic mass is 16.7. The Kier molecular flexibility index (Phi) is 2.97. The van der Waals surface area contributed by atoms with Crippen LogP contribution in [0.4, 0.5) is 0 Å². The van der Waals surface area contributed by atoms with Gasteiger partial charge in [0.25, 0.3) is 5.89 Å². The fourth-order valence-electron chi connectivity index (χ4n) is 2.28. The zero-order valence-corrected chi connectivity index (χ0v) is 11.7. The Bertz CT molecular complexity index is 903. The molecule has 114 valence electrons. The van der Waals surface area contributed by atoms with Crippen LogP contribution in [0.5, 0.6) is 11.5 Å². The van der Waals surface area contributed by atoms with Crippen LogP contribution in [0.2, 0.25) is 0 Å². The van der Waals surface area contributed by atoms with E-state index in [1.165, 1.54) is 12.1 Å². The average Bonchev–Trinajstić information content (AvgIpc) is 3.23. The number of ether oxygens (including phenoxy) is 2. The van der Waals surface area contributed by atoms with Gasteiger partial charge in [-0.3, -0.25) is 0 Å². The van der Waals surface area contributed by atoms with E-state index in [1.54, 1.807) is 30.3 Å². The third-order valence-electron chi connectivity index (χ3n) is 3.41. The minimum Gasteiger partial charge on any atom is -0.478 e. The summed E-state index contributed by atoms with van der Waals surface area (Å²) in [6, 6.07) is 11.7. The molecule has 0 atom stereocenters. The Morgan fingerprint density at radius 3 is 2.78 bits per heavy atom. The van der Waals surface area contributed by atoms with Crippen LogP contribution in [0.15, 0.2) is 47.0 Å². The van der Waals surface area contributed by atoms with Gasteiger partial charge in [-0.05, 0) is 36.4 Å². The molecule has 7 nitrogen and oxygen atoms in total. The Morgan fingerprint density at radius 1 is 1.04 bits per heavy atom. The van der Waals surface area contributed by atoms with Crippen LogP contribution >= 0.6 is 0 Å². The molecule has 0 aliphatic carbocycles. The van der Waals surface area contributed by atoms with Crippen LogP contribution in [0.1, 0.15) is 10.4 Å². The average molecular weight is 310 g/mol. The second-order valence-corrected chi connectivity index (χ2v) is 4.88. The molecule has 1 N–H and O–H groups in total. The van der Waals surface area contributed by atoms with E-state index in [9.17, 15) is 4.79 Å². The van der Waals surface area contributed by atoms with Crippen molar-refractivity contribution in [2.45, 2.75) is 0 Å². The number of nitrogens with zero attached hydrogens (tertiary/aromatic N) is 2. The van der Waals surface area contributed by atoms with Gasteiger partial charge >= 0.3 is 5.97 Å². The highest BCUT2D eigenvalue weighted by molar-refractivity contribution is 5.89. The van der Waals surface area contributed by atoms with Crippen molar-refractivity contribution in [3.63, 3.8) is 0 Å². The van der Waals surface area contributed by atoms with Gasteiger partial charge < -0.3 is 19.1 Å². The molecule has 0 saturated carbocycles. The van der Waals surface area contributed by atoms with Crippen LogP contribution in [-0.2, 0) is 0 Å². The highest BCUT2D eigenvalue weighted by Crippen LogP contribution is 2.35. The van der Waals surface area contributed by atoms with E-state index in [-0.39, 0.29) is 18.2 Å². The van der Waals surface area contributed by atoms with Crippen LogP contribution in [0, 0.1) is 0 Å². The second-order valence-electron chi connectivity index (χ2n) is 4.88. The first-order valence-corrected chi connectivity index (χ1v) is 6.78. The van der Waals surface area contributed by atoms with E-state index in [0.29, 0.717) is 22.9 Å². The van der Waals surface area contributed by atoms with E-state index in [0.717, 1.165) is 5.56 Å². The molecule has 0 fully saturated rings. The molecule has 1 aromatic heterocycles. The molecule has 0 unspecified atom stereocenters. The van der Waals surface area contributed by atoms with Gasteiger partial charge in [0.1, 0.15) is 0 Å². The molecule has 0 amide bonds. The largest absolute Gasteiger partial charge is 0.478 e. The van der Waals surface area contributed by atoms with Gasteiger partial charge in [0, 0.05) is 11.1 Å². The zero-order chi connectivity index (χ0) is 15.8. The quantitative estimate of drug-likeness (QED) is 0.794. The lowest BCUT2D eigenvalue weighted by Crippen LogP contribution is -1.95. The van der Waals surface area contributed by atoms with E-state index in [2.05, 4.69) is 10.1 Å². The number of hydrogen-bond donors (Lipinski definition) is 1. The molecule has 7 heteroatoms. The van der Waals surface area contributed by atoms with Gasteiger partial charge in [0.05, 0.1) is 5.56 Å². The molecule has 0 radical (unpaired) electrons. The monoisotopic (exact) mass is 310 g/mol. The minimum absolute atomic E-state index is 0.158. The number of carboxylic acid groups (broad SMARTS) is 1. The summed E-state index contributed by atoms with van der Waals surface area (Å²) >= 11 is 0. The van der Waals surface area contributed by atoms with Crippen molar-refractivity contribution in [3.8, 4) is 34.3 Å². The fraction of sp³-hybridized carbons (Fsp3) is 0.0625. The predicted octanol–water partition coefficient (Wildman–Crippen LogP) is 2.83. The van der Waals surface area contributed by atoms with Gasteiger partial charge in [-0.1, -0.05) is 11.2 Å². The number of fused-ring (bicyclic) bond motifs is 1. The molecule has 0 saturated heterocycles. The fourth-order valence-corrected chi connectivity index (χ4v) is 2.28. The van der Waals surface area contributed by atoms with Gasteiger partial charge in [-0.25, -0.2) is 4.79 Å². The summed E-state index contributed by atoms with van der Waals surface area (Å²) in [7, 11) is 0. The topological polar surface area (TPSA) is 94.7 Å². The lowest BCUT2D eigenvalue weighted by molar-refractivity contribution is 0.0697. The van der Waals surface area contributed by atoms with Crippen molar-refractivity contribution in [1.82, 2.24) is 10.1 Å². The van der Waals surface area contributed by atoms with Crippen molar-refractivity contribution >= 4 is 5.97 Å². The Balaban J connectivity index is 1.69. The molecule has 0 bridgehead atoms. The van der Waals surface area contributed by atoms with Gasteiger partial charge in [-0.2, -0.15) is 4.98 Å². The maximum absolute atomic E-state index is 11.0. The van der Waals surface area contributed by atoms with Crippen molar-refractivity contribution in [2.24, 2.45) is 0 Å². The molecule has 2 heterocycles. The van der Waals surface area contributed by atoms with Crippen LogP contribution < -0.4 is 9.47 Å². The smallest absolute Gasteiger partial charge is 0.335 e. The minimum atomic E-state index is -1.01. The van der Waals surface area contributed by atoms with Crippen LogP contribution in [0.3, 0.4) is 0 Å². The maximum atomic E-state index is 11.0. The number of benzene rings is 2. The maximum Gasteiger partial charge on any atom is 0.335 e. The normalized spacial score (nSPS) is 12.3. The molecule has 2 aromatic carbocycles. The SMILES string of the molecule is O=C(O)c1cccc(-c2nc(-c3ccc4c(c3)OCO4)no2)c1. The number of aromatic nitrogens is 2. The molecule has 1 aliphatic heterocycles. The molecule has 23 heavy (non-hydrogen) atoms. The number of carbonyl (C=O) groups is 1. The lowest BCUT2D eigenvalue weighted by atomic mass is 10.1. The summed E-state index contributed by atoms with van der Waals surface area (Å²) in [5.41, 5.74) is 1.42. The predicted molar refractivity (Wildman–Crippen MR) is 78.3 cm³/mol. The Morgan fingerprint density at radius 2 is 1.91 bits per heavy atom. The Hall–Kier alpha value is -3.35. The molecule has 3 aromatic rings. The van der Waals surface area contributed by atoms with E-state index in [1.807, 2.05) is 0 Å². The first-order chi connectivity index (χ1) is 11.2. The lowest BCUT2D eigenvalue weighted by Gasteiger charge is -1.98. The first kappa shape index (κ1) is 13.3. The summed E-state index contributed by atoms with van der Waals surface area (Å²) < 4.78 is 15.8. The Labute approximate surface area is 130 Å². The number of carboxylic acids is 1. The molecule has 1 aliphatic rings. The third kappa shape index (κ3) is 2.38. The number of aromatic carboxylic acids is 1. The summed E-state index contributed by atoms with van der Waals surface area (Å²) in [6.07, 6.45) is 0. The van der Waals surface area contributed by atoms with Crippen LogP contribution in [-0.4, -0.2) is 28.0 Å². The number of hydrogen-bond acceptors (Lipinski definition) is 6. The second kappa shape index (κ2) is 5.13. The van der Waals surface area contributed by atoms with E-state index < -0.39 is 5.97 Å².